The van der Waals surface area contributed by atoms with Crippen molar-refractivity contribution in [1.29, 1.82) is 0 Å². The molecule has 4 heteroatoms. The fraction of sp³-hybridized carbons (Fsp3) is 0.462. The standard InChI is InChI=1S/C13H18O4/c1-8-6-11(17-5)9(7-10(8)16-4)12(14)13(2,3)15/h6-7,15H,1-5H3. The Labute approximate surface area is 101 Å². The molecular weight excluding hydrogens is 220 g/mol. The van der Waals surface area contributed by atoms with Gasteiger partial charge in [-0.1, -0.05) is 0 Å². The highest BCUT2D eigenvalue weighted by Gasteiger charge is 2.28. The SMILES string of the molecule is COc1cc(C(=O)C(C)(C)O)c(OC)cc1C. The Bertz CT molecular complexity index is 430. The predicted octanol–water partition coefficient (Wildman–Crippen LogP) is 1.97. The average Bonchev–Trinajstić information content (AvgIpc) is 2.26. The summed E-state index contributed by atoms with van der Waals surface area (Å²) in [7, 11) is 3.02. The molecule has 1 N–H and O–H groups in total. The number of carbonyl (C=O) groups is 1. The monoisotopic (exact) mass is 238 g/mol. The lowest BCUT2D eigenvalue weighted by molar-refractivity contribution is 0.0484. The molecule has 4 nitrogen and oxygen atoms in total. The van der Waals surface area contributed by atoms with Crippen LogP contribution in [0.4, 0.5) is 0 Å². The number of benzene rings is 1. The van der Waals surface area contributed by atoms with E-state index in [1.165, 1.54) is 28.1 Å². The summed E-state index contributed by atoms with van der Waals surface area (Å²) in [4.78, 5) is 12.0. The summed E-state index contributed by atoms with van der Waals surface area (Å²) in [5.41, 5.74) is -0.243. The van der Waals surface area contributed by atoms with Crippen LogP contribution in [0.15, 0.2) is 12.1 Å². The van der Waals surface area contributed by atoms with Gasteiger partial charge in [-0.15, -0.1) is 0 Å². The van der Waals surface area contributed by atoms with E-state index in [0.29, 0.717) is 17.1 Å². The van der Waals surface area contributed by atoms with Crippen LogP contribution in [0.1, 0.15) is 29.8 Å². The molecule has 0 unspecified atom stereocenters. The molecule has 1 aromatic rings. The summed E-state index contributed by atoms with van der Waals surface area (Å²) in [6, 6.07) is 3.31. The van der Waals surface area contributed by atoms with Crippen LogP contribution in [0.2, 0.25) is 0 Å². The molecule has 0 heterocycles. The number of aliphatic hydroxyl groups is 1. The molecule has 0 bridgehead atoms. The van der Waals surface area contributed by atoms with Crippen molar-refractivity contribution in [2.24, 2.45) is 0 Å². The Balaban J connectivity index is 3.36. The topological polar surface area (TPSA) is 55.8 Å². The number of ketones is 1. The zero-order valence-corrected chi connectivity index (χ0v) is 10.8. The van der Waals surface area contributed by atoms with Crippen LogP contribution in [-0.2, 0) is 0 Å². The van der Waals surface area contributed by atoms with Gasteiger partial charge in [-0.05, 0) is 38.5 Å². The van der Waals surface area contributed by atoms with Gasteiger partial charge in [-0.3, -0.25) is 4.79 Å². The van der Waals surface area contributed by atoms with E-state index in [4.69, 9.17) is 9.47 Å². The number of Topliss-reactive ketones (excluding diaryl/α,β-unsaturated/α-hetero) is 1. The molecule has 0 aliphatic heterocycles. The summed E-state index contributed by atoms with van der Waals surface area (Å²) < 4.78 is 10.3. The molecule has 0 saturated carbocycles. The Morgan fingerprint density at radius 1 is 1.18 bits per heavy atom. The second kappa shape index (κ2) is 4.75. The molecule has 0 fully saturated rings. The van der Waals surface area contributed by atoms with Gasteiger partial charge in [0, 0.05) is 0 Å². The van der Waals surface area contributed by atoms with Crippen molar-refractivity contribution in [1.82, 2.24) is 0 Å². The van der Waals surface area contributed by atoms with E-state index in [0.717, 1.165) is 5.56 Å². The minimum Gasteiger partial charge on any atom is -0.496 e. The van der Waals surface area contributed by atoms with Crippen LogP contribution in [0.25, 0.3) is 0 Å². The highest BCUT2D eigenvalue weighted by molar-refractivity contribution is 6.04. The van der Waals surface area contributed by atoms with Crippen molar-refractivity contribution >= 4 is 5.78 Å². The first-order valence-electron chi connectivity index (χ1n) is 5.31. The maximum absolute atomic E-state index is 12.0. The highest BCUT2D eigenvalue weighted by Crippen LogP contribution is 2.30. The third-order valence-corrected chi connectivity index (χ3v) is 2.52. The highest BCUT2D eigenvalue weighted by atomic mass is 16.5. The van der Waals surface area contributed by atoms with Gasteiger partial charge in [0.15, 0.2) is 5.78 Å². The average molecular weight is 238 g/mol. The van der Waals surface area contributed by atoms with E-state index in [-0.39, 0.29) is 0 Å². The van der Waals surface area contributed by atoms with Crippen molar-refractivity contribution in [2.75, 3.05) is 14.2 Å². The van der Waals surface area contributed by atoms with Crippen molar-refractivity contribution in [2.45, 2.75) is 26.4 Å². The maximum atomic E-state index is 12.0. The summed E-state index contributed by atoms with van der Waals surface area (Å²) in [5, 5.41) is 9.75. The van der Waals surface area contributed by atoms with E-state index < -0.39 is 11.4 Å². The van der Waals surface area contributed by atoms with Crippen molar-refractivity contribution < 1.29 is 19.4 Å². The molecule has 0 aromatic heterocycles. The van der Waals surface area contributed by atoms with Gasteiger partial charge in [0.1, 0.15) is 17.1 Å². The normalized spacial score (nSPS) is 11.2. The Kier molecular flexibility index (Phi) is 3.78. The van der Waals surface area contributed by atoms with E-state index in [2.05, 4.69) is 0 Å². The summed E-state index contributed by atoms with van der Waals surface area (Å²) in [6.07, 6.45) is 0. The molecule has 0 amide bonds. The number of carbonyl (C=O) groups excluding carboxylic acids is 1. The first-order chi connectivity index (χ1) is 7.81. The molecule has 0 atom stereocenters. The smallest absolute Gasteiger partial charge is 0.197 e. The molecule has 0 aliphatic carbocycles. The first kappa shape index (κ1) is 13.5. The lowest BCUT2D eigenvalue weighted by Crippen LogP contribution is -2.31. The molecule has 17 heavy (non-hydrogen) atoms. The number of ether oxygens (including phenoxy) is 2. The third-order valence-electron chi connectivity index (χ3n) is 2.52. The minimum atomic E-state index is -1.44. The van der Waals surface area contributed by atoms with Crippen molar-refractivity contribution in [3.05, 3.63) is 23.3 Å². The van der Waals surface area contributed by atoms with Gasteiger partial charge >= 0.3 is 0 Å². The first-order valence-corrected chi connectivity index (χ1v) is 5.31. The summed E-state index contributed by atoms with van der Waals surface area (Å²) in [6.45, 7) is 4.75. The molecular formula is C13H18O4. The quantitative estimate of drug-likeness (QED) is 0.815. The van der Waals surface area contributed by atoms with Crippen LogP contribution in [0, 0.1) is 6.92 Å². The van der Waals surface area contributed by atoms with E-state index in [1.807, 2.05) is 6.92 Å². The number of hydrogen-bond donors (Lipinski definition) is 1. The van der Waals surface area contributed by atoms with E-state index in [9.17, 15) is 9.90 Å². The number of rotatable bonds is 4. The molecule has 0 saturated heterocycles. The van der Waals surface area contributed by atoms with Gasteiger partial charge in [-0.2, -0.15) is 0 Å². The van der Waals surface area contributed by atoms with Crippen LogP contribution in [-0.4, -0.2) is 30.7 Å². The molecule has 0 spiro atoms. The molecule has 1 aromatic carbocycles. The van der Waals surface area contributed by atoms with Gasteiger partial charge in [0.05, 0.1) is 19.8 Å². The van der Waals surface area contributed by atoms with Gasteiger partial charge in [0.2, 0.25) is 0 Å². The second-order valence-corrected chi connectivity index (χ2v) is 4.41. The van der Waals surface area contributed by atoms with Gasteiger partial charge in [-0.25, -0.2) is 0 Å². The van der Waals surface area contributed by atoms with Crippen molar-refractivity contribution in [3.8, 4) is 11.5 Å². The van der Waals surface area contributed by atoms with E-state index in [1.54, 1.807) is 12.1 Å². The van der Waals surface area contributed by atoms with E-state index >= 15 is 0 Å². The van der Waals surface area contributed by atoms with Gasteiger partial charge < -0.3 is 14.6 Å². The van der Waals surface area contributed by atoms with Gasteiger partial charge in [0.25, 0.3) is 0 Å². The third kappa shape index (κ3) is 2.77. The zero-order valence-electron chi connectivity index (χ0n) is 10.8. The number of aryl methyl sites for hydroxylation is 1. The zero-order chi connectivity index (χ0) is 13.2. The molecule has 0 aliphatic rings. The van der Waals surface area contributed by atoms with Crippen LogP contribution in [0.3, 0.4) is 0 Å². The molecule has 0 radical (unpaired) electrons. The minimum absolute atomic E-state index is 0.322. The second-order valence-electron chi connectivity index (χ2n) is 4.41. The summed E-state index contributed by atoms with van der Waals surface area (Å²) >= 11 is 0. The Morgan fingerprint density at radius 2 is 1.71 bits per heavy atom. The lowest BCUT2D eigenvalue weighted by atomic mass is 9.95. The fourth-order valence-corrected chi connectivity index (χ4v) is 1.56. The number of methoxy groups -OCH3 is 2. The van der Waals surface area contributed by atoms with Crippen LogP contribution in [0.5, 0.6) is 11.5 Å². The van der Waals surface area contributed by atoms with Crippen molar-refractivity contribution in [3.63, 3.8) is 0 Å². The number of hydrogen-bond acceptors (Lipinski definition) is 4. The predicted molar refractivity (Wildman–Crippen MR) is 64.9 cm³/mol. The largest absolute Gasteiger partial charge is 0.496 e. The maximum Gasteiger partial charge on any atom is 0.197 e. The summed E-state index contributed by atoms with van der Waals surface area (Å²) in [5.74, 6) is 0.640. The van der Waals surface area contributed by atoms with Crippen LogP contribution < -0.4 is 9.47 Å². The van der Waals surface area contributed by atoms with Crippen LogP contribution >= 0.6 is 0 Å². The Hall–Kier alpha value is -1.55. The fourth-order valence-electron chi connectivity index (χ4n) is 1.56. The Morgan fingerprint density at radius 3 is 2.12 bits per heavy atom. The lowest BCUT2D eigenvalue weighted by Gasteiger charge is -2.19. The molecule has 1 rings (SSSR count). The molecule has 94 valence electrons.